The first kappa shape index (κ1) is 55.6. The first-order chi connectivity index (χ1) is 28.5. The van der Waals surface area contributed by atoms with Crippen LogP contribution in [0.15, 0.2) is 36.5 Å². The van der Waals surface area contributed by atoms with Crippen LogP contribution in [0.4, 0.5) is 0 Å². The largest absolute Gasteiger partial charge is 0.462 e. The van der Waals surface area contributed by atoms with E-state index in [1.54, 1.807) is 0 Å². The van der Waals surface area contributed by atoms with Crippen LogP contribution >= 0.6 is 0 Å². The maximum absolute atomic E-state index is 12.7. The molecular weight excluding hydrogens is 721 g/mol. The Bertz CT molecular complexity index is 984. The number of hydrogen-bond acceptors (Lipinski definition) is 6. The van der Waals surface area contributed by atoms with Gasteiger partial charge in [-0.3, -0.25) is 14.4 Å². The summed E-state index contributed by atoms with van der Waals surface area (Å²) in [5, 5.41) is 0. The molecule has 0 aliphatic carbocycles. The summed E-state index contributed by atoms with van der Waals surface area (Å²) in [4.78, 5) is 37.8. The molecule has 0 spiro atoms. The lowest BCUT2D eigenvalue weighted by atomic mass is 10.1. The minimum absolute atomic E-state index is 0.0782. The Morgan fingerprint density at radius 3 is 1.02 bits per heavy atom. The number of allylic oxidation sites excluding steroid dienone is 6. The van der Waals surface area contributed by atoms with Crippen LogP contribution in [0.5, 0.6) is 0 Å². The van der Waals surface area contributed by atoms with E-state index in [4.69, 9.17) is 14.2 Å². The third kappa shape index (κ3) is 44.7. The minimum Gasteiger partial charge on any atom is -0.462 e. The summed E-state index contributed by atoms with van der Waals surface area (Å²) in [6.07, 6.45) is 54.1. The fraction of sp³-hybridized carbons (Fsp3) is 0.827. The molecule has 0 bridgehead atoms. The molecule has 6 heteroatoms. The Balaban J connectivity index is 4.36. The van der Waals surface area contributed by atoms with E-state index in [9.17, 15) is 14.4 Å². The molecule has 0 aliphatic rings. The highest BCUT2D eigenvalue weighted by molar-refractivity contribution is 5.71. The molecule has 0 fully saturated rings. The third-order valence-corrected chi connectivity index (χ3v) is 10.9. The maximum atomic E-state index is 12.7. The summed E-state index contributed by atoms with van der Waals surface area (Å²) in [6, 6.07) is 0. The topological polar surface area (TPSA) is 78.9 Å². The lowest BCUT2D eigenvalue weighted by molar-refractivity contribution is -0.167. The van der Waals surface area contributed by atoms with Crippen LogP contribution in [0.1, 0.15) is 258 Å². The zero-order valence-electron chi connectivity index (χ0n) is 38.6. The van der Waals surface area contributed by atoms with E-state index >= 15 is 0 Å². The first-order valence-corrected chi connectivity index (χ1v) is 25.0. The number of carbonyl (C=O) groups excluding carboxylic acids is 3. The van der Waals surface area contributed by atoms with Crippen LogP contribution in [0.25, 0.3) is 0 Å². The van der Waals surface area contributed by atoms with Gasteiger partial charge >= 0.3 is 17.9 Å². The van der Waals surface area contributed by atoms with Crippen molar-refractivity contribution in [2.45, 2.75) is 264 Å². The van der Waals surface area contributed by atoms with Gasteiger partial charge < -0.3 is 14.2 Å². The van der Waals surface area contributed by atoms with Gasteiger partial charge in [-0.25, -0.2) is 0 Å². The van der Waals surface area contributed by atoms with Gasteiger partial charge in [-0.1, -0.05) is 205 Å². The van der Waals surface area contributed by atoms with E-state index in [0.717, 1.165) is 89.9 Å². The van der Waals surface area contributed by atoms with Gasteiger partial charge in [-0.15, -0.1) is 0 Å². The highest BCUT2D eigenvalue weighted by atomic mass is 16.6. The van der Waals surface area contributed by atoms with Gasteiger partial charge in [0.2, 0.25) is 0 Å². The molecule has 0 aromatic heterocycles. The summed E-state index contributed by atoms with van der Waals surface area (Å²) in [6.45, 7) is 6.57. The van der Waals surface area contributed by atoms with Crippen molar-refractivity contribution >= 4 is 17.9 Å². The second kappa shape index (κ2) is 47.3. The molecular formula is C52H94O6. The van der Waals surface area contributed by atoms with Crippen molar-refractivity contribution in [3.05, 3.63) is 36.5 Å². The highest BCUT2D eigenvalue weighted by Crippen LogP contribution is 2.14. The lowest BCUT2D eigenvalue weighted by Crippen LogP contribution is -2.30. The van der Waals surface area contributed by atoms with Gasteiger partial charge in [-0.2, -0.15) is 0 Å². The van der Waals surface area contributed by atoms with Gasteiger partial charge in [0.15, 0.2) is 6.10 Å². The van der Waals surface area contributed by atoms with Crippen LogP contribution in [-0.2, 0) is 28.6 Å². The molecule has 0 aromatic rings. The Morgan fingerprint density at radius 2 is 0.638 bits per heavy atom. The maximum Gasteiger partial charge on any atom is 0.306 e. The average molecular weight is 815 g/mol. The Morgan fingerprint density at radius 1 is 0.345 bits per heavy atom. The summed E-state index contributed by atoms with van der Waals surface area (Å²) < 4.78 is 16.7. The Labute approximate surface area is 359 Å². The predicted molar refractivity (Wildman–Crippen MR) is 247 cm³/mol. The average Bonchev–Trinajstić information content (AvgIpc) is 3.22. The van der Waals surface area contributed by atoms with Crippen molar-refractivity contribution in [3.8, 4) is 0 Å². The molecule has 0 N–H and O–H groups in total. The zero-order chi connectivity index (χ0) is 42.3. The molecule has 6 nitrogen and oxygen atoms in total. The summed E-state index contributed by atoms with van der Waals surface area (Å²) >= 11 is 0. The fourth-order valence-electron chi connectivity index (χ4n) is 7.04. The summed E-state index contributed by atoms with van der Waals surface area (Å²) in [5.74, 6) is -0.896. The second-order valence-corrected chi connectivity index (χ2v) is 16.7. The molecule has 0 aliphatic heterocycles. The molecule has 0 rings (SSSR count). The van der Waals surface area contributed by atoms with Crippen LogP contribution in [0, 0.1) is 0 Å². The fourth-order valence-corrected chi connectivity index (χ4v) is 7.04. The number of hydrogen-bond donors (Lipinski definition) is 0. The molecule has 1 atom stereocenters. The van der Waals surface area contributed by atoms with E-state index in [1.807, 2.05) is 0 Å². The normalized spacial score (nSPS) is 12.3. The monoisotopic (exact) mass is 815 g/mol. The number of unbranched alkanes of at least 4 members (excludes halogenated alkanes) is 28. The van der Waals surface area contributed by atoms with E-state index in [1.165, 1.54) is 128 Å². The van der Waals surface area contributed by atoms with E-state index in [0.29, 0.717) is 19.3 Å². The molecule has 338 valence electrons. The van der Waals surface area contributed by atoms with Crippen molar-refractivity contribution < 1.29 is 28.6 Å². The standard InChI is InChI=1S/C52H94O6/c1-4-7-10-13-16-19-22-24-26-27-29-30-33-36-39-42-45-51(54)57-48-49(47-56-50(53)44-41-38-35-32-21-18-15-12-9-6-3)58-52(55)46-43-40-37-34-31-28-25-23-20-17-14-11-8-5-2/h14,17,23,25-27,49H,4-13,15-16,18-22,24,28-48H2,1-3H3/b17-14-,25-23-,27-26-. The van der Waals surface area contributed by atoms with Crippen molar-refractivity contribution in [1.29, 1.82) is 0 Å². The van der Waals surface area contributed by atoms with Gasteiger partial charge in [0.05, 0.1) is 0 Å². The van der Waals surface area contributed by atoms with Gasteiger partial charge in [-0.05, 0) is 70.6 Å². The number of ether oxygens (including phenoxy) is 3. The third-order valence-electron chi connectivity index (χ3n) is 10.9. The molecule has 0 radical (unpaired) electrons. The summed E-state index contributed by atoms with van der Waals surface area (Å²) in [7, 11) is 0. The Kier molecular flexibility index (Phi) is 45.4. The zero-order valence-corrected chi connectivity index (χ0v) is 38.6. The number of rotatable bonds is 45. The van der Waals surface area contributed by atoms with Crippen molar-refractivity contribution in [3.63, 3.8) is 0 Å². The van der Waals surface area contributed by atoms with E-state index in [-0.39, 0.29) is 31.1 Å². The molecule has 0 amide bonds. The predicted octanol–water partition coefficient (Wildman–Crippen LogP) is 16.1. The molecule has 0 saturated heterocycles. The highest BCUT2D eigenvalue weighted by Gasteiger charge is 2.19. The molecule has 58 heavy (non-hydrogen) atoms. The summed E-state index contributed by atoms with van der Waals surface area (Å²) in [5.41, 5.74) is 0. The molecule has 0 heterocycles. The van der Waals surface area contributed by atoms with E-state index < -0.39 is 6.10 Å². The molecule has 1 unspecified atom stereocenters. The smallest absolute Gasteiger partial charge is 0.306 e. The van der Waals surface area contributed by atoms with Crippen molar-refractivity contribution in [2.75, 3.05) is 13.2 Å². The SMILES string of the molecule is CCCC/C=C\C/C=C\CCCCCCCC(=O)OC(COC(=O)CCCCCCC/C=C\CCCCCCCCC)COC(=O)CCCCCCCCCCCC. The van der Waals surface area contributed by atoms with Crippen molar-refractivity contribution in [2.24, 2.45) is 0 Å². The van der Waals surface area contributed by atoms with Crippen LogP contribution in [0.3, 0.4) is 0 Å². The van der Waals surface area contributed by atoms with Gasteiger partial charge in [0.1, 0.15) is 13.2 Å². The van der Waals surface area contributed by atoms with Gasteiger partial charge in [0.25, 0.3) is 0 Å². The minimum atomic E-state index is -0.778. The van der Waals surface area contributed by atoms with Crippen LogP contribution in [-0.4, -0.2) is 37.2 Å². The van der Waals surface area contributed by atoms with Crippen LogP contribution < -0.4 is 0 Å². The Hall–Kier alpha value is -2.37. The molecule has 0 saturated carbocycles. The quantitative estimate of drug-likeness (QED) is 0.0264. The lowest BCUT2D eigenvalue weighted by Gasteiger charge is -2.18. The first-order valence-electron chi connectivity index (χ1n) is 25.0. The van der Waals surface area contributed by atoms with Crippen molar-refractivity contribution in [1.82, 2.24) is 0 Å². The van der Waals surface area contributed by atoms with E-state index in [2.05, 4.69) is 57.2 Å². The number of carbonyl (C=O) groups is 3. The second-order valence-electron chi connectivity index (χ2n) is 16.7. The van der Waals surface area contributed by atoms with Gasteiger partial charge in [0, 0.05) is 19.3 Å². The number of esters is 3. The van der Waals surface area contributed by atoms with Crippen LogP contribution in [0.2, 0.25) is 0 Å². The molecule has 0 aromatic carbocycles.